The highest BCUT2D eigenvalue weighted by Gasteiger charge is 2.09. The van der Waals surface area contributed by atoms with E-state index in [0.717, 1.165) is 20.0 Å². The van der Waals surface area contributed by atoms with E-state index in [1.165, 1.54) is 9.79 Å². The Bertz CT molecular complexity index is 868. The Balaban J connectivity index is 1.32. The van der Waals surface area contributed by atoms with Crippen LogP contribution in [0.1, 0.15) is 0 Å². The zero-order chi connectivity index (χ0) is 17.6. The molecule has 0 amide bonds. The van der Waals surface area contributed by atoms with Gasteiger partial charge < -0.3 is 8.83 Å². The van der Waals surface area contributed by atoms with E-state index in [2.05, 4.69) is 36.4 Å². The highest BCUT2D eigenvalue weighted by atomic mass is 33.1. The van der Waals surface area contributed by atoms with E-state index in [1.807, 2.05) is 36.4 Å². The fourth-order valence-corrected chi connectivity index (χ4v) is 5.64. The molecule has 26 heavy (non-hydrogen) atoms. The van der Waals surface area contributed by atoms with E-state index in [1.54, 1.807) is 57.6 Å². The maximum Gasteiger partial charge on any atom is 0.172 e. The fourth-order valence-electron chi connectivity index (χ4n) is 2.13. The number of rotatable bonds is 7. The van der Waals surface area contributed by atoms with Crippen LogP contribution in [0.2, 0.25) is 0 Å². The lowest BCUT2D eigenvalue weighted by atomic mass is 10.4. The molecule has 0 spiro atoms. The maximum atomic E-state index is 5.64. The Morgan fingerprint density at radius 1 is 0.500 bits per heavy atom. The van der Waals surface area contributed by atoms with Crippen molar-refractivity contribution in [3.05, 3.63) is 85.3 Å². The summed E-state index contributed by atoms with van der Waals surface area (Å²) in [5.74, 6) is 0. The van der Waals surface area contributed by atoms with E-state index in [0.29, 0.717) is 0 Å². The third kappa shape index (κ3) is 4.98. The molecule has 0 aliphatic rings. The molecule has 2 nitrogen and oxygen atoms in total. The smallest absolute Gasteiger partial charge is 0.172 e. The van der Waals surface area contributed by atoms with Gasteiger partial charge in [-0.05, 0) is 45.9 Å². The minimum absolute atomic E-state index is 0.863. The summed E-state index contributed by atoms with van der Waals surface area (Å²) in [5.41, 5.74) is 0. The minimum atomic E-state index is 0.863. The predicted molar refractivity (Wildman–Crippen MR) is 110 cm³/mol. The predicted octanol–water partition coefficient (Wildman–Crippen LogP) is 7.97. The average Bonchev–Trinajstić information content (AvgIpc) is 3.31. The Morgan fingerprint density at radius 2 is 0.923 bits per heavy atom. The Hall–Kier alpha value is -1.60. The first-order valence-corrected chi connectivity index (χ1v) is 11.6. The zero-order valence-corrected chi connectivity index (χ0v) is 16.8. The molecule has 0 aliphatic heterocycles. The van der Waals surface area contributed by atoms with Gasteiger partial charge in [-0.1, -0.05) is 59.9 Å². The molecule has 2 heterocycles. The van der Waals surface area contributed by atoms with Crippen LogP contribution in [-0.2, 0) is 0 Å². The maximum absolute atomic E-state index is 5.64. The van der Waals surface area contributed by atoms with Crippen molar-refractivity contribution in [1.29, 1.82) is 0 Å². The van der Waals surface area contributed by atoms with E-state index < -0.39 is 0 Å². The molecule has 0 saturated carbocycles. The molecule has 0 aliphatic carbocycles. The molecular weight excluding hydrogens is 400 g/mol. The van der Waals surface area contributed by atoms with Crippen LogP contribution >= 0.6 is 45.1 Å². The third-order valence-electron chi connectivity index (χ3n) is 3.27. The molecule has 0 fully saturated rings. The van der Waals surface area contributed by atoms with Crippen LogP contribution in [0.3, 0.4) is 0 Å². The quantitative estimate of drug-likeness (QED) is 0.284. The van der Waals surface area contributed by atoms with Crippen LogP contribution in [0.25, 0.3) is 0 Å². The molecule has 130 valence electrons. The van der Waals surface area contributed by atoms with E-state index in [4.69, 9.17) is 8.83 Å². The second kappa shape index (κ2) is 8.86. The molecule has 2 aromatic carbocycles. The molecule has 4 rings (SSSR count). The minimum Gasteiger partial charge on any atom is -0.456 e. The van der Waals surface area contributed by atoms with Gasteiger partial charge in [-0.25, -0.2) is 0 Å². The van der Waals surface area contributed by atoms with Crippen molar-refractivity contribution in [2.45, 2.75) is 29.8 Å². The average molecular weight is 415 g/mol. The SMILES string of the molecule is c1ccc(Sc2coc(SSc3cc(Sc4ccccc4)co3)c2)cc1. The Labute approximate surface area is 168 Å². The van der Waals surface area contributed by atoms with Crippen molar-refractivity contribution >= 4 is 45.1 Å². The largest absolute Gasteiger partial charge is 0.456 e. The first kappa shape index (κ1) is 17.8. The van der Waals surface area contributed by atoms with Gasteiger partial charge in [0.25, 0.3) is 0 Å². The van der Waals surface area contributed by atoms with Gasteiger partial charge in [0.2, 0.25) is 0 Å². The van der Waals surface area contributed by atoms with Crippen LogP contribution in [0.15, 0.2) is 124 Å². The van der Waals surface area contributed by atoms with E-state index >= 15 is 0 Å². The lowest BCUT2D eigenvalue weighted by Gasteiger charge is -1.96. The summed E-state index contributed by atoms with van der Waals surface area (Å²) >= 11 is 3.38. The van der Waals surface area contributed by atoms with Gasteiger partial charge in [-0.3, -0.25) is 0 Å². The molecule has 0 saturated heterocycles. The standard InChI is InChI=1S/C20H14O2S4/c1-3-7-15(8-4-1)23-17-11-19(21-13-17)25-26-20-12-18(14-22-20)24-16-9-5-2-6-10-16/h1-14H. The van der Waals surface area contributed by atoms with Gasteiger partial charge in [-0.15, -0.1) is 0 Å². The Kier molecular flexibility index (Phi) is 6.07. The van der Waals surface area contributed by atoms with Crippen molar-refractivity contribution in [1.82, 2.24) is 0 Å². The summed E-state index contributed by atoms with van der Waals surface area (Å²) in [6, 6.07) is 24.7. The van der Waals surface area contributed by atoms with Gasteiger partial charge in [0.05, 0.1) is 9.79 Å². The highest BCUT2D eigenvalue weighted by molar-refractivity contribution is 8.76. The normalized spacial score (nSPS) is 10.9. The summed E-state index contributed by atoms with van der Waals surface area (Å²) in [6.07, 6.45) is 3.58. The van der Waals surface area contributed by atoms with Gasteiger partial charge in [0, 0.05) is 21.9 Å². The number of benzene rings is 2. The van der Waals surface area contributed by atoms with Crippen molar-refractivity contribution in [3.63, 3.8) is 0 Å². The van der Waals surface area contributed by atoms with Gasteiger partial charge in [0.15, 0.2) is 10.2 Å². The summed E-state index contributed by atoms with van der Waals surface area (Å²) in [7, 11) is 3.12. The lowest BCUT2D eigenvalue weighted by Crippen LogP contribution is -1.67. The van der Waals surface area contributed by atoms with Crippen LogP contribution in [0.4, 0.5) is 0 Å². The number of furan rings is 2. The summed E-state index contributed by atoms with van der Waals surface area (Å²) in [4.78, 5) is 4.59. The summed E-state index contributed by atoms with van der Waals surface area (Å²) in [6.45, 7) is 0. The molecule has 0 atom stereocenters. The molecule has 6 heteroatoms. The molecule has 2 aromatic heterocycles. The first-order valence-electron chi connectivity index (χ1n) is 7.82. The highest BCUT2D eigenvalue weighted by Crippen LogP contribution is 2.42. The van der Waals surface area contributed by atoms with Crippen LogP contribution in [0.5, 0.6) is 0 Å². The van der Waals surface area contributed by atoms with Gasteiger partial charge in [-0.2, -0.15) is 0 Å². The molecule has 0 unspecified atom stereocenters. The van der Waals surface area contributed by atoms with Crippen molar-refractivity contribution in [2.75, 3.05) is 0 Å². The topological polar surface area (TPSA) is 26.3 Å². The number of hydrogen-bond acceptors (Lipinski definition) is 6. The van der Waals surface area contributed by atoms with Crippen molar-refractivity contribution in [2.24, 2.45) is 0 Å². The second-order valence-electron chi connectivity index (χ2n) is 5.20. The molecule has 4 aromatic rings. The second-order valence-corrected chi connectivity index (χ2v) is 9.63. The zero-order valence-electron chi connectivity index (χ0n) is 13.5. The van der Waals surface area contributed by atoms with E-state index in [-0.39, 0.29) is 0 Å². The lowest BCUT2D eigenvalue weighted by molar-refractivity contribution is 0.470. The van der Waals surface area contributed by atoms with Crippen LogP contribution in [0, 0.1) is 0 Å². The van der Waals surface area contributed by atoms with E-state index in [9.17, 15) is 0 Å². The van der Waals surface area contributed by atoms with Gasteiger partial charge in [0.1, 0.15) is 12.5 Å². The molecular formula is C20H14O2S4. The molecule has 0 N–H and O–H groups in total. The Morgan fingerprint density at radius 3 is 1.35 bits per heavy atom. The first-order chi connectivity index (χ1) is 12.8. The van der Waals surface area contributed by atoms with Crippen LogP contribution < -0.4 is 0 Å². The third-order valence-corrected chi connectivity index (χ3v) is 7.26. The molecule has 0 radical (unpaired) electrons. The monoisotopic (exact) mass is 414 g/mol. The summed E-state index contributed by atoms with van der Waals surface area (Å²) in [5, 5.41) is 1.73. The fraction of sp³-hybridized carbons (Fsp3) is 0. The number of hydrogen-bond donors (Lipinski definition) is 0. The molecule has 0 bridgehead atoms. The van der Waals surface area contributed by atoms with Crippen LogP contribution in [-0.4, -0.2) is 0 Å². The van der Waals surface area contributed by atoms with Crippen molar-refractivity contribution in [3.8, 4) is 0 Å². The van der Waals surface area contributed by atoms with Crippen molar-refractivity contribution < 1.29 is 8.83 Å². The van der Waals surface area contributed by atoms with Gasteiger partial charge >= 0.3 is 0 Å². The summed E-state index contributed by atoms with van der Waals surface area (Å²) < 4.78 is 11.3.